The van der Waals surface area contributed by atoms with Crippen molar-refractivity contribution in [1.29, 1.82) is 5.26 Å². The smallest absolute Gasteiger partial charge is 0.146 e. The Balaban J connectivity index is 2.64. The molecule has 86 valence electrons. The molecule has 3 heteroatoms. The fourth-order valence-electron chi connectivity index (χ4n) is 1.50. The van der Waals surface area contributed by atoms with Gasteiger partial charge in [0.25, 0.3) is 0 Å². The largest absolute Gasteiger partial charge is 0.374 e. The summed E-state index contributed by atoms with van der Waals surface area (Å²) in [5, 5.41) is 8.67. The lowest BCUT2D eigenvalue weighted by Crippen LogP contribution is -2.08. The van der Waals surface area contributed by atoms with Crippen molar-refractivity contribution in [3.8, 4) is 6.07 Å². The average Bonchev–Trinajstić information content (AvgIpc) is 2.28. The standard InChI is InChI=1S/C13H16FNO/c1-3-5-10(2)16-9-12-7-4-6-11(8-15)13(12)14/h4,6-7,10H,3,5,9H2,1-2H3. The molecule has 0 heterocycles. The van der Waals surface area contributed by atoms with Crippen LogP contribution in [0, 0.1) is 17.1 Å². The van der Waals surface area contributed by atoms with E-state index in [-0.39, 0.29) is 18.3 Å². The Labute approximate surface area is 95.7 Å². The Kier molecular flexibility index (Phi) is 4.94. The van der Waals surface area contributed by atoms with Gasteiger partial charge in [0.05, 0.1) is 18.3 Å². The van der Waals surface area contributed by atoms with Gasteiger partial charge in [-0.15, -0.1) is 0 Å². The highest BCUT2D eigenvalue weighted by atomic mass is 19.1. The van der Waals surface area contributed by atoms with Gasteiger partial charge in [-0.25, -0.2) is 4.39 Å². The van der Waals surface area contributed by atoms with E-state index in [1.807, 2.05) is 13.0 Å². The van der Waals surface area contributed by atoms with Gasteiger partial charge in [0.1, 0.15) is 11.9 Å². The average molecular weight is 221 g/mol. The van der Waals surface area contributed by atoms with Gasteiger partial charge >= 0.3 is 0 Å². The van der Waals surface area contributed by atoms with Gasteiger partial charge in [0.15, 0.2) is 0 Å². The summed E-state index contributed by atoms with van der Waals surface area (Å²) < 4.78 is 19.1. The number of halogens is 1. The van der Waals surface area contributed by atoms with Crippen LogP contribution in [-0.2, 0) is 11.3 Å². The van der Waals surface area contributed by atoms with Crippen molar-refractivity contribution in [3.05, 3.63) is 35.1 Å². The van der Waals surface area contributed by atoms with E-state index in [1.54, 1.807) is 12.1 Å². The highest BCUT2D eigenvalue weighted by Crippen LogP contribution is 2.14. The first-order valence-electron chi connectivity index (χ1n) is 5.48. The van der Waals surface area contributed by atoms with E-state index in [1.165, 1.54) is 6.07 Å². The molecule has 0 fully saturated rings. The van der Waals surface area contributed by atoms with Crippen LogP contribution in [0.25, 0.3) is 0 Å². The molecule has 1 unspecified atom stereocenters. The third kappa shape index (κ3) is 3.32. The first-order valence-corrected chi connectivity index (χ1v) is 5.48. The minimum atomic E-state index is -0.464. The highest BCUT2D eigenvalue weighted by Gasteiger charge is 2.09. The van der Waals surface area contributed by atoms with E-state index in [0.29, 0.717) is 5.56 Å². The second kappa shape index (κ2) is 6.24. The summed E-state index contributed by atoms with van der Waals surface area (Å²) in [5.74, 6) is -0.464. The molecular weight excluding hydrogens is 205 g/mol. The molecule has 0 saturated carbocycles. The second-order valence-corrected chi connectivity index (χ2v) is 3.80. The van der Waals surface area contributed by atoms with Crippen molar-refractivity contribution >= 4 is 0 Å². The number of nitriles is 1. The lowest BCUT2D eigenvalue weighted by molar-refractivity contribution is 0.0456. The van der Waals surface area contributed by atoms with Crippen LogP contribution < -0.4 is 0 Å². The van der Waals surface area contributed by atoms with E-state index in [9.17, 15) is 4.39 Å². The van der Waals surface area contributed by atoms with Crippen LogP contribution in [0.15, 0.2) is 18.2 Å². The Hall–Kier alpha value is -1.40. The molecule has 0 radical (unpaired) electrons. The third-order valence-corrected chi connectivity index (χ3v) is 2.42. The second-order valence-electron chi connectivity index (χ2n) is 3.80. The van der Waals surface area contributed by atoms with Crippen LogP contribution in [-0.4, -0.2) is 6.10 Å². The maximum absolute atomic E-state index is 13.6. The lowest BCUT2D eigenvalue weighted by atomic mass is 10.1. The minimum Gasteiger partial charge on any atom is -0.374 e. The van der Waals surface area contributed by atoms with Crippen molar-refractivity contribution in [3.63, 3.8) is 0 Å². The van der Waals surface area contributed by atoms with Gasteiger partial charge in [-0.3, -0.25) is 0 Å². The number of benzene rings is 1. The van der Waals surface area contributed by atoms with E-state index in [4.69, 9.17) is 10.00 Å². The fraction of sp³-hybridized carbons (Fsp3) is 0.462. The normalized spacial score (nSPS) is 12.1. The molecule has 0 aliphatic heterocycles. The molecule has 1 aromatic carbocycles. The summed E-state index contributed by atoms with van der Waals surface area (Å²) in [4.78, 5) is 0. The van der Waals surface area contributed by atoms with E-state index < -0.39 is 5.82 Å². The Morgan fingerprint density at radius 3 is 2.88 bits per heavy atom. The molecule has 0 saturated heterocycles. The zero-order chi connectivity index (χ0) is 12.0. The maximum Gasteiger partial charge on any atom is 0.146 e. The summed E-state index contributed by atoms with van der Waals surface area (Å²) in [6.07, 6.45) is 2.12. The molecule has 0 aromatic heterocycles. The van der Waals surface area contributed by atoms with Crippen LogP contribution in [0.2, 0.25) is 0 Å². The predicted molar refractivity (Wildman–Crippen MR) is 60.3 cm³/mol. The van der Waals surface area contributed by atoms with Gasteiger partial charge in [0.2, 0.25) is 0 Å². The van der Waals surface area contributed by atoms with Crippen molar-refractivity contribution in [2.75, 3.05) is 0 Å². The van der Waals surface area contributed by atoms with Crippen LogP contribution >= 0.6 is 0 Å². The SMILES string of the molecule is CCCC(C)OCc1cccc(C#N)c1F. The van der Waals surface area contributed by atoms with Gasteiger partial charge in [-0.2, -0.15) is 5.26 Å². The van der Waals surface area contributed by atoms with Crippen molar-refractivity contribution < 1.29 is 9.13 Å². The van der Waals surface area contributed by atoms with Crippen molar-refractivity contribution in [2.45, 2.75) is 39.4 Å². The molecule has 1 rings (SSSR count). The monoisotopic (exact) mass is 221 g/mol. The molecule has 0 aliphatic rings. The van der Waals surface area contributed by atoms with Crippen LogP contribution in [0.3, 0.4) is 0 Å². The molecule has 1 atom stereocenters. The minimum absolute atomic E-state index is 0.0734. The Morgan fingerprint density at radius 1 is 1.50 bits per heavy atom. The Bertz CT molecular complexity index is 384. The zero-order valence-electron chi connectivity index (χ0n) is 9.66. The first-order chi connectivity index (χ1) is 7.69. The maximum atomic E-state index is 13.6. The molecule has 16 heavy (non-hydrogen) atoms. The van der Waals surface area contributed by atoms with E-state index >= 15 is 0 Å². The van der Waals surface area contributed by atoms with Gasteiger partial charge in [0, 0.05) is 5.56 Å². The van der Waals surface area contributed by atoms with Crippen molar-refractivity contribution in [2.24, 2.45) is 0 Å². The molecule has 0 spiro atoms. The van der Waals surface area contributed by atoms with Crippen molar-refractivity contribution in [1.82, 2.24) is 0 Å². The summed E-state index contributed by atoms with van der Waals surface area (Å²) in [7, 11) is 0. The predicted octanol–water partition coefficient (Wildman–Crippen LogP) is 3.40. The number of nitrogens with zero attached hydrogens (tertiary/aromatic N) is 1. The molecule has 0 amide bonds. The van der Waals surface area contributed by atoms with Gasteiger partial charge in [-0.05, 0) is 19.4 Å². The first kappa shape index (κ1) is 12.7. The van der Waals surface area contributed by atoms with Gasteiger partial charge < -0.3 is 4.74 Å². The number of ether oxygens (including phenoxy) is 1. The molecule has 1 aromatic rings. The fourth-order valence-corrected chi connectivity index (χ4v) is 1.50. The quantitative estimate of drug-likeness (QED) is 0.763. The summed E-state index contributed by atoms with van der Waals surface area (Å²) >= 11 is 0. The molecule has 0 N–H and O–H groups in total. The molecular formula is C13H16FNO. The molecule has 0 aliphatic carbocycles. The van der Waals surface area contributed by atoms with Crippen LogP contribution in [0.1, 0.15) is 37.8 Å². The number of rotatable bonds is 5. The number of hydrogen-bond donors (Lipinski definition) is 0. The third-order valence-electron chi connectivity index (χ3n) is 2.42. The zero-order valence-corrected chi connectivity index (χ0v) is 9.66. The van der Waals surface area contributed by atoms with E-state index in [2.05, 4.69) is 6.92 Å². The van der Waals surface area contributed by atoms with Crippen LogP contribution in [0.5, 0.6) is 0 Å². The highest BCUT2D eigenvalue weighted by molar-refractivity contribution is 5.34. The van der Waals surface area contributed by atoms with E-state index in [0.717, 1.165) is 12.8 Å². The lowest BCUT2D eigenvalue weighted by Gasteiger charge is -2.12. The van der Waals surface area contributed by atoms with Crippen LogP contribution in [0.4, 0.5) is 4.39 Å². The summed E-state index contributed by atoms with van der Waals surface area (Å²) in [5.41, 5.74) is 0.520. The van der Waals surface area contributed by atoms with Gasteiger partial charge in [-0.1, -0.05) is 25.5 Å². The topological polar surface area (TPSA) is 33.0 Å². The summed E-state index contributed by atoms with van der Waals surface area (Å²) in [6, 6.07) is 6.60. The molecule has 2 nitrogen and oxygen atoms in total. The molecule has 0 bridgehead atoms. The Morgan fingerprint density at radius 2 is 2.25 bits per heavy atom. The number of hydrogen-bond acceptors (Lipinski definition) is 2. The summed E-state index contributed by atoms with van der Waals surface area (Å²) in [6.45, 7) is 4.27.